The molecule has 0 radical (unpaired) electrons. The van der Waals surface area contributed by atoms with Crippen molar-refractivity contribution in [3.63, 3.8) is 0 Å². The van der Waals surface area contributed by atoms with Crippen molar-refractivity contribution in [2.45, 2.75) is 87.2 Å². The number of benzene rings is 8. The Labute approximate surface area is 706 Å². The summed E-state index contributed by atoms with van der Waals surface area (Å²) in [5, 5.41) is 42.8. The lowest BCUT2D eigenvalue weighted by Crippen LogP contribution is -2.34. The van der Waals surface area contributed by atoms with E-state index in [1.807, 2.05) is 121 Å². The van der Waals surface area contributed by atoms with E-state index in [2.05, 4.69) is 44.1 Å². The van der Waals surface area contributed by atoms with E-state index in [1.54, 1.807) is 107 Å². The van der Waals surface area contributed by atoms with Crippen molar-refractivity contribution in [1.82, 2.24) is 31.9 Å². The van der Waals surface area contributed by atoms with E-state index < -0.39 is 17.5 Å². The molecule has 116 heavy (non-hydrogen) atoms. The molecule has 0 bridgehead atoms. The number of rotatable bonds is 51. The highest BCUT2D eigenvalue weighted by atomic mass is 32.2. The lowest BCUT2D eigenvalue weighted by Gasteiger charge is -2.36. The van der Waals surface area contributed by atoms with E-state index in [0.29, 0.717) is 151 Å². The van der Waals surface area contributed by atoms with Gasteiger partial charge in [-0.05, 0) is 114 Å². The van der Waals surface area contributed by atoms with E-state index in [9.17, 15) is 39.0 Å². The molecule has 1 spiro atoms. The second-order valence-corrected chi connectivity index (χ2v) is 34.6. The standard InChI is InChI=1S/C89H103N7O14S6/c1-2-39-106-40-17-41-112-42-36-94-86(104)66(26-15-16-33-95-88(111)96-68-27-30-76-75(54-68)87(105)110-89(76)77-31-28-69(97)55-80(77)109-81-56-70(98)29-32-78(81)89)53-79(99)67-51-71(107-58-73(115-45-37-92-84(102)49-64-22-11-5-12-23-64)60-113-43-34-90-82(100)47-62-18-7-3-8-19-62)57-72(52-67)108-59-74(116-46-38-93-85(103)50-65-24-13-6-14-25-65)61-114-44-35-91-83(101)48-63-20-9-4-10-21-63/h3-14,18-25,27-32,51-52,54-57,66,73-74,97-98H,2,15-17,26,33-50,53,58-61H2,1H3,(H,90,100)(H,91,101)(H,92,102)(H,93,103)(H,94,104)(H2,95,96,111). The molecule has 0 saturated heterocycles. The van der Waals surface area contributed by atoms with Crippen LogP contribution in [0.15, 0.2) is 194 Å². The van der Waals surface area contributed by atoms with Crippen LogP contribution in [0, 0.1) is 5.92 Å². The Hall–Kier alpha value is -9.35. The first-order valence-electron chi connectivity index (χ1n) is 39.3. The number of fused-ring (bicyclic) bond motifs is 6. The van der Waals surface area contributed by atoms with Crippen LogP contribution in [0.2, 0.25) is 0 Å². The minimum atomic E-state index is -1.43. The highest BCUT2D eigenvalue weighted by molar-refractivity contribution is 8.03. The second-order valence-electron chi connectivity index (χ2n) is 27.9. The van der Waals surface area contributed by atoms with Gasteiger partial charge in [-0.2, -0.15) is 58.8 Å². The number of thioether (sulfide) groups is 5. The molecule has 614 valence electrons. The van der Waals surface area contributed by atoms with Gasteiger partial charge < -0.3 is 71.1 Å². The molecular formula is C89H103N7O14S6. The number of thiocarbonyl (C=S) groups is 1. The van der Waals surface area contributed by atoms with Gasteiger partial charge in [0.25, 0.3) is 0 Å². The zero-order valence-electron chi connectivity index (χ0n) is 65.2. The van der Waals surface area contributed by atoms with Crippen molar-refractivity contribution >= 4 is 123 Å². The Morgan fingerprint density at radius 1 is 0.483 bits per heavy atom. The van der Waals surface area contributed by atoms with Crippen LogP contribution < -0.4 is 51.4 Å². The normalized spacial score (nSPS) is 12.9. The third-order valence-corrected chi connectivity index (χ3v) is 25.2. The fraction of sp³-hybridized carbons (Fsp3) is 0.371. The molecule has 8 aromatic carbocycles. The smallest absolute Gasteiger partial charge is 0.340 e. The Morgan fingerprint density at radius 2 is 0.948 bits per heavy atom. The molecule has 21 nitrogen and oxygen atoms in total. The molecule has 0 aliphatic carbocycles. The zero-order chi connectivity index (χ0) is 81.5. The number of esters is 1. The van der Waals surface area contributed by atoms with Gasteiger partial charge in [-0.1, -0.05) is 141 Å². The van der Waals surface area contributed by atoms with Gasteiger partial charge in [0.05, 0.1) is 31.2 Å². The first kappa shape index (κ1) is 89.0. The number of phenols is 2. The molecule has 27 heteroatoms. The molecule has 8 aromatic rings. The number of carbonyl (C=O) groups excluding carboxylic acids is 7. The summed E-state index contributed by atoms with van der Waals surface area (Å²) in [6.07, 6.45) is 4.27. The molecule has 9 N–H and O–H groups in total. The number of ketones is 1. The van der Waals surface area contributed by atoms with Gasteiger partial charge >= 0.3 is 5.97 Å². The van der Waals surface area contributed by atoms with Gasteiger partial charge in [-0.3, -0.25) is 28.8 Å². The molecule has 0 saturated carbocycles. The summed E-state index contributed by atoms with van der Waals surface area (Å²) in [6, 6.07) is 58.0. The summed E-state index contributed by atoms with van der Waals surface area (Å²) in [5.41, 5.74) is 4.90. The molecule has 2 aliphatic rings. The van der Waals surface area contributed by atoms with Crippen molar-refractivity contribution in [3.8, 4) is 34.5 Å². The van der Waals surface area contributed by atoms with E-state index in [4.69, 9.17) is 35.9 Å². The number of ether oxygens (including phenoxy) is 5. The van der Waals surface area contributed by atoms with Crippen LogP contribution in [0.5, 0.6) is 34.5 Å². The Bertz CT molecular complexity index is 4300. The number of nitrogens with one attached hydrogen (secondary N) is 7. The topological polar surface area (TPSA) is 290 Å². The molecule has 10 rings (SSSR count). The van der Waals surface area contributed by atoms with Crippen molar-refractivity contribution < 1.29 is 67.5 Å². The molecule has 3 atom stereocenters. The third kappa shape index (κ3) is 29.4. The van der Waals surface area contributed by atoms with Crippen molar-refractivity contribution in [3.05, 3.63) is 244 Å². The molecule has 2 heterocycles. The van der Waals surface area contributed by atoms with E-state index in [1.165, 1.54) is 24.3 Å². The predicted octanol–water partition coefficient (Wildman–Crippen LogP) is 13.5. The zero-order valence-corrected chi connectivity index (χ0v) is 70.1. The van der Waals surface area contributed by atoms with Crippen LogP contribution >= 0.6 is 71.0 Å². The van der Waals surface area contributed by atoms with Gasteiger partial charge in [0.15, 0.2) is 16.5 Å². The van der Waals surface area contributed by atoms with Crippen LogP contribution in [0.3, 0.4) is 0 Å². The first-order valence-corrected chi connectivity index (χ1v) is 45.3. The van der Waals surface area contributed by atoms with Crippen LogP contribution in [0.25, 0.3) is 0 Å². The summed E-state index contributed by atoms with van der Waals surface area (Å²) in [4.78, 5) is 95.6. The average molecular weight is 1690 g/mol. The highest BCUT2D eigenvalue weighted by Gasteiger charge is 2.54. The Balaban J connectivity index is 0.833. The minimum absolute atomic E-state index is 0.0502. The molecule has 0 fully saturated rings. The Kier molecular flexibility index (Phi) is 37.1. The summed E-state index contributed by atoms with van der Waals surface area (Å²) < 4.78 is 31.6. The second kappa shape index (κ2) is 48.4. The highest BCUT2D eigenvalue weighted by Crippen LogP contribution is 2.57. The van der Waals surface area contributed by atoms with Gasteiger partial charge in [-0.15, -0.1) is 0 Å². The largest absolute Gasteiger partial charge is 0.508 e. The number of amides is 5. The summed E-state index contributed by atoms with van der Waals surface area (Å²) in [5.74, 6) is 4.33. The fourth-order valence-corrected chi connectivity index (χ4v) is 18.4. The predicted molar refractivity (Wildman–Crippen MR) is 472 cm³/mol. The average Bonchev–Trinajstić information content (AvgIpc) is 1.59. The van der Waals surface area contributed by atoms with Gasteiger partial charge in [0.1, 0.15) is 47.7 Å². The maximum atomic E-state index is 15.2. The summed E-state index contributed by atoms with van der Waals surface area (Å²) in [6.45, 7) is 6.47. The number of unbranched alkanes of at least 4 members (excludes halogenated alkanes) is 1. The molecule has 2 aliphatic heterocycles. The number of Topliss-reactive ketones (excluding diaryl/α,β-unsaturated/α-hetero) is 1. The Morgan fingerprint density at radius 3 is 1.44 bits per heavy atom. The molecule has 3 unspecified atom stereocenters. The van der Waals surface area contributed by atoms with Crippen molar-refractivity contribution in [1.29, 1.82) is 0 Å². The number of hydrogen-bond acceptors (Lipinski definition) is 20. The summed E-state index contributed by atoms with van der Waals surface area (Å²) >= 11 is 14.2. The van der Waals surface area contributed by atoms with Crippen molar-refractivity contribution in [2.24, 2.45) is 5.92 Å². The van der Waals surface area contributed by atoms with Crippen LogP contribution in [-0.4, -0.2) is 179 Å². The molecule has 5 amide bonds. The van der Waals surface area contributed by atoms with Gasteiger partial charge in [0, 0.05) is 162 Å². The molecular weight excluding hydrogens is 1580 g/mol. The lowest BCUT2D eigenvalue weighted by molar-refractivity contribution is -0.125. The first-order chi connectivity index (χ1) is 56.6. The van der Waals surface area contributed by atoms with Gasteiger partial charge in [0.2, 0.25) is 29.5 Å². The monoisotopic (exact) mass is 1690 g/mol. The number of hydrogen-bond donors (Lipinski definition) is 9. The maximum absolute atomic E-state index is 15.2. The summed E-state index contributed by atoms with van der Waals surface area (Å²) in [7, 11) is 0. The van der Waals surface area contributed by atoms with E-state index >= 15 is 4.79 Å². The number of phenolic OH excluding ortho intramolecular Hbond substituents is 2. The quantitative estimate of drug-likeness (QED) is 0.00741. The number of aromatic hydroxyl groups is 2. The van der Waals surface area contributed by atoms with Crippen LogP contribution in [-0.2, 0) is 64.7 Å². The van der Waals surface area contributed by atoms with Crippen molar-refractivity contribution in [2.75, 3.05) is 117 Å². The SMILES string of the molecule is CCCOCCCSCCNC(=O)C(CCCCNC(=S)Nc1ccc2c(c1)C(=O)OC21c2ccc(O)cc2Oc2cc(O)ccc21)CC(=O)c1cc(OCC(CSCCNC(=O)Cc2ccccc2)SCCNC(=O)Cc2ccccc2)cc(OCC(CSCCNC(=O)Cc2ccccc2)SCCNC(=O)Cc2ccccc2)c1. The number of carbonyl (C=O) groups is 7. The van der Waals surface area contributed by atoms with Crippen LogP contribution in [0.4, 0.5) is 5.69 Å². The lowest BCUT2D eigenvalue weighted by atomic mass is 9.77. The maximum Gasteiger partial charge on any atom is 0.340 e. The van der Waals surface area contributed by atoms with Gasteiger partial charge in [-0.25, -0.2) is 4.79 Å². The van der Waals surface area contributed by atoms with E-state index in [-0.39, 0.29) is 125 Å². The third-order valence-electron chi connectivity index (χ3n) is 18.8. The fourth-order valence-electron chi connectivity index (χ4n) is 13.1. The number of anilines is 1. The molecule has 0 aromatic heterocycles. The van der Waals surface area contributed by atoms with Crippen LogP contribution in [0.1, 0.15) is 105 Å². The van der Waals surface area contributed by atoms with E-state index in [0.717, 1.165) is 40.8 Å². The minimum Gasteiger partial charge on any atom is -0.508 e.